The SMILES string of the molecule is c1ccc(C2(c3ccccc3-c3cccc(-c4cccc(-c5cccc(-c6ccccn6)c5)c4)c3)CCCCC2)cc1. The topological polar surface area (TPSA) is 12.9 Å². The highest BCUT2D eigenvalue weighted by Crippen LogP contribution is 2.48. The molecule has 0 spiro atoms. The van der Waals surface area contributed by atoms with Gasteiger partial charge < -0.3 is 0 Å². The molecule has 1 nitrogen and oxygen atoms in total. The quantitative estimate of drug-likeness (QED) is 0.204. The monoisotopic (exact) mass is 541 g/mol. The van der Waals surface area contributed by atoms with E-state index in [-0.39, 0.29) is 5.41 Å². The molecule has 42 heavy (non-hydrogen) atoms. The van der Waals surface area contributed by atoms with Gasteiger partial charge in [0.2, 0.25) is 0 Å². The van der Waals surface area contributed by atoms with Crippen LogP contribution in [0.5, 0.6) is 0 Å². The van der Waals surface area contributed by atoms with E-state index in [2.05, 4.69) is 138 Å². The van der Waals surface area contributed by atoms with Gasteiger partial charge >= 0.3 is 0 Å². The molecule has 1 aliphatic rings. The van der Waals surface area contributed by atoms with Gasteiger partial charge in [0.15, 0.2) is 0 Å². The second-order valence-electron chi connectivity index (χ2n) is 11.5. The van der Waals surface area contributed by atoms with Crippen LogP contribution in [0.4, 0.5) is 0 Å². The van der Waals surface area contributed by atoms with E-state index in [1.54, 1.807) is 0 Å². The first-order valence-corrected chi connectivity index (χ1v) is 15.2. The molecule has 1 heterocycles. The van der Waals surface area contributed by atoms with Crippen LogP contribution in [0.15, 0.2) is 152 Å². The average Bonchev–Trinajstić information content (AvgIpc) is 3.09. The molecule has 0 amide bonds. The maximum atomic E-state index is 4.55. The molecule has 1 heteroatoms. The first-order chi connectivity index (χ1) is 20.8. The van der Waals surface area contributed by atoms with Gasteiger partial charge in [-0.15, -0.1) is 0 Å². The Hall–Kier alpha value is -4.75. The van der Waals surface area contributed by atoms with Gasteiger partial charge in [-0.25, -0.2) is 0 Å². The molecule has 204 valence electrons. The van der Waals surface area contributed by atoms with Crippen molar-refractivity contribution in [3.05, 3.63) is 163 Å². The standard InChI is InChI=1S/C41H35N/c1-3-20-37(21-4-1)41(25-8-2-9-26-41)39-23-6-5-22-38(39)35-18-12-16-33(29-35)31-14-11-15-32(28-31)34-17-13-19-36(30-34)40-24-7-10-27-42-40/h1,3-7,10-24,27-30H,2,8-9,25-26H2. The first kappa shape index (κ1) is 26.2. The van der Waals surface area contributed by atoms with E-state index >= 15 is 0 Å². The molecule has 0 N–H and O–H groups in total. The Balaban J connectivity index is 1.27. The summed E-state index contributed by atoms with van der Waals surface area (Å²) in [7, 11) is 0. The molecule has 0 saturated heterocycles. The molecule has 0 atom stereocenters. The molecule has 5 aromatic carbocycles. The number of aromatic nitrogens is 1. The van der Waals surface area contributed by atoms with Crippen molar-refractivity contribution in [2.75, 3.05) is 0 Å². The number of hydrogen-bond donors (Lipinski definition) is 0. The van der Waals surface area contributed by atoms with E-state index in [9.17, 15) is 0 Å². The number of benzene rings is 5. The summed E-state index contributed by atoms with van der Waals surface area (Å²) in [5.74, 6) is 0. The van der Waals surface area contributed by atoms with Gasteiger partial charge in [0.1, 0.15) is 0 Å². The highest BCUT2D eigenvalue weighted by atomic mass is 14.7. The van der Waals surface area contributed by atoms with Crippen LogP contribution in [0.3, 0.4) is 0 Å². The van der Waals surface area contributed by atoms with Gasteiger partial charge in [-0.3, -0.25) is 4.98 Å². The molecule has 0 unspecified atom stereocenters. The zero-order chi connectivity index (χ0) is 28.2. The van der Waals surface area contributed by atoms with Crippen LogP contribution >= 0.6 is 0 Å². The van der Waals surface area contributed by atoms with Crippen LogP contribution in [0.1, 0.15) is 43.2 Å². The second-order valence-corrected chi connectivity index (χ2v) is 11.5. The van der Waals surface area contributed by atoms with E-state index in [1.807, 2.05) is 18.3 Å². The largest absolute Gasteiger partial charge is 0.256 e. The Morgan fingerprint density at radius 1 is 0.429 bits per heavy atom. The molecule has 7 rings (SSSR count). The molecule has 1 aromatic heterocycles. The van der Waals surface area contributed by atoms with Crippen molar-refractivity contribution in [3.8, 4) is 44.6 Å². The highest BCUT2D eigenvalue weighted by molar-refractivity contribution is 5.79. The Morgan fingerprint density at radius 2 is 0.976 bits per heavy atom. The van der Waals surface area contributed by atoms with Crippen LogP contribution in [0.25, 0.3) is 44.6 Å². The number of nitrogens with zero attached hydrogens (tertiary/aromatic N) is 1. The lowest BCUT2D eigenvalue weighted by Crippen LogP contribution is -2.31. The van der Waals surface area contributed by atoms with Crippen LogP contribution in [-0.4, -0.2) is 4.98 Å². The summed E-state index contributed by atoms with van der Waals surface area (Å²) in [6.45, 7) is 0. The van der Waals surface area contributed by atoms with Crippen molar-refractivity contribution in [2.45, 2.75) is 37.5 Å². The minimum atomic E-state index is 0.0602. The first-order valence-electron chi connectivity index (χ1n) is 15.2. The smallest absolute Gasteiger partial charge is 0.0702 e. The summed E-state index contributed by atoms with van der Waals surface area (Å²) in [6, 6.07) is 53.1. The molecule has 0 aliphatic heterocycles. The fourth-order valence-corrected chi connectivity index (χ4v) is 6.91. The molecule has 6 aromatic rings. The third-order valence-electron chi connectivity index (χ3n) is 9.00. The van der Waals surface area contributed by atoms with E-state index in [1.165, 1.54) is 76.6 Å². The van der Waals surface area contributed by atoms with Gasteiger partial charge in [0, 0.05) is 17.2 Å². The van der Waals surface area contributed by atoms with E-state index in [0.717, 1.165) is 11.3 Å². The van der Waals surface area contributed by atoms with Gasteiger partial charge in [0.05, 0.1) is 5.69 Å². The zero-order valence-corrected chi connectivity index (χ0v) is 23.9. The number of hydrogen-bond acceptors (Lipinski definition) is 1. The minimum Gasteiger partial charge on any atom is -0.256 e. The number of pyridine rings is 1. The summed E-state index contributed by atoms with van der Waals surface area (Å²) in [5.41, 5.74) is 12.6. The Kier molecular flexibility index (Phi) is 7.24. The van der Waals surface area contributed by atoms with Gasteiger partial charge in [-0.05, 0) is 87.7 Å². The third kappa shape index (κ3) is 5.08. The van der Waals surface area contributed by atoms with Crippen LogP contribution in [0.2, 0.25) is 0 Å². The predicted molar refractivity (Wildman–Crippen MR) is 176 cm³/mol. The Labute approximate surface area is 249 Å². The zero-order valence-electron chi connectivity index (χ0n) is 23.9. The molecule has 1 aliphatic carbocycles. The lowest BCUT2D eigenvalue weighted by atomic mass is 9.64. The summed E-state index contributed by atoms with van der Waals surface area (Å²) < 4.78 is 0. The maximum Gasteiger partial charge on any atom is 0.0702 e. The fourth-order valence-electron chi connectivity index (χ4n) is 6.91. The molecule has 0 bridgehead atoms. The lowest BCUT2D eigenvalue weighted by molar-refractivity contribution is 0.347. The lowest BCUT2D eigenvalue weighted by Gasteiger charge is -2.40. The normalized spacial score (nSPS) is 14.4. The minimum absolute atomic E-state index is 0.0602. The summed E-state index contributed by atoms with van der Waals surface area (Å²) in [6.07, 6.45) is 8.13. The van der Waals surface area contributed by atoms with E-state index < -0.39 is 0 Å². The van der Waals surface area contributed by atoms with Crippen molar-refractivity contribution in [2.24, 2.45) is 0 Å². The molecular formula is C41H35N. The van der Waals surface area contributed by atoms with Crippen LogP contribution in [-0.2, 0) is 5.41 Å². The van der Waals surface area contributed by atoms with Gasteiger partial charge in [-0.1, -0.05) is 135 Å². The third-order valence-corrected chi connectivity index (χ3v) is 9.00. The van der Waals surface area contributed by atoms with E-state index in [4.69, 9.17) is 0 Å². The van der Waals surface area contributed by atoms with Crippen LogP contribution < -0.4 is 0 Å². The van der Waals surface area contributed by atoms with Gasteiger partial charge in [-0.2, -0.15) is 0 Å². The number of rotatable bonds is 6. The van der Waals surface area contributed by atoms with Crippen molar-refractivity contribution in [3.63, 3.8) is 0 Å². The summed E-state index contributed by atoms with van der Waals surface area (Å²) in [5, 5.41) is 0. The van der Waals surface area contributed by atoms with Crippen molar-refractivity contribution < 1.29 is 0 Å². The Morgan fingerprint density at radius 3 is 1.64 bits per heavy atom. The van der Waals surface area contributed by atoms with Crippen molar-refractivity contribution in [1.82, 2.24) is 4.98 Å². The van der Waals surface area contributed by atoms with Gasteiger partial charge in [0.25, 0.3) is 0 Å². The Bertz CT molecular complexity index is 1800. The summed E-state index contributed by atoms with van der Waals surface area (Å²) >= 11 is 0. The highest BCUT2D eigenvalue weighted by Gasteiger charge is 2.37. The van der Waals surface area contributed by atoms with E-state index in [0.29, 0.717) is 0 Å². The summed E-state index contributed by atoms with van der Waals surface area (Å²) in [4.78, 5) is 4.55. The predicted octanol–water partition coefficient (Wildman–Crippen LogP) is 11.0. The van der Waals surface area contributed by atoms with Crippen molar-refractivity contribution in [1.29, 1.82) is 0 Å². The average molecular weight is 542 g/mol. The molecule has 0 radical (unpaired) electrons. The fraction of sp³-hybridized carbons (Fsp3) is 0.146. The molecular weight excluding hydrogens is 506 g/mol. The maximum absolute atomic E-state index is 4.55. The van der Waals surface area contributed by atoms with Crippen LogP contribution in [0, 0.1) is 0 Å². The molecule has 1 fully saturated rings. The second kappa shape index (κ2) is 11.6. The van der Waals surface area contributed by atoms with Crippen molar-refractivity contribution >= 4 is 0 Å². The molecule has 1 saturated carbocycles.